The van der Waals surface area contributed by atoms with Gasteiger partial charge in [-0.2, -0.15) is 0 Å². The first-order chi connectivity index (χ1) is 9.19. The maximum Gasteiger partial charge on any atom is 0.165 e. The van der Waals surface area contributed by atoms with Crippen LogP contribution in [0.1, 0.15) is 38.2 Å². The first-order valence-corrected chi connectivity index (χ1v) is 6.93. The van der Waals surface area contributed by atoms with Crippen LogP contribution in [-0.4, -0.2) is 19.7 Å². The van der Waals surface area contributed by atoms with Crippen molar-refractivity contribution in [3.05, 3.63) is 35.2 Å². The van der Waals surface area contributed by atoms with Gasteiger partial charge in [0.25, 0.3) is 0 Å². The van der Waals surface area contributed by atoms with E-state index in [0.717, 1.165) is 18.5 Å². The quantitative estimate of drug-likeness (QED) is 0.893. The fraction of sp³-hybridized carbons (Fsp3) is 0.500. The van der Waals surface area contributed by atoms with Gasteiger partial charge in [-0.05, 0) is 50.4 Å². The summed E-state index contributed by atoms with van der Waals surface area (Å²) in [6, 6.07) is 5.66. The van der Waals surface area contributed by atoms with Gasteiger partial charge in [0.05, 0.1) is 7.11 Å². The van der Waals surface area contributed by atoms with E-state index in [1.54, 1.807) is 6.07 Å². The van der Waals surface area contributed by atoms with Crippen LogP contribution in [0.25, 0.3) is 6.08 Å². The van der Waals surface area contributed by atoms with Gasteiger partial charge in [0.2, 0.25) is 0 Å². The van der Waals surface area contributed by atoms with Gasteiger partial charge in [-0.15, -0.1) is 0 Å². The molecule has 0 spiro atoms. The van der Waals surface area contributed by atoms with Crippen LogP contribution >= 0.6 is 0 Å². The Morgan fingerprint density at radius 2 is 2.32 bits per heavy atom. The molecular weight excluding hydrogens is 241 g/mol. The lowest BCUT2D eigenvalue weighted by atomic mass is 9.97. The van der Waals surface area contributed by atoms with Crippen molar-refractivity contribution in [2.75, 3.05) is 13.7 Å². The molecule has 0 aromatic heterocycles. The number of nitrogens with one attached hydrogen (secondary N) is 1. The van der Waals surface area contributed by atoms with Gasteiger partial charge in [0, 0.05) is 6.04 Å². The summed E-state index contributed by atoms with van der Waals surface area (Å²) in [5.41, 5.74) is 2.18. The molecule has 0 bridgehead atoms. The fourth-order valence-corrected chi connectivity index (χ4v) is 2.60. The average Bonchev–Trinajstić information content (AvgIpc) is 2.40. The Bertz CT molecular complexity index is 450. The van der Waals surface area contributed by atoms with E-state index in [0.29, 0.717) is 11.8 Å². The lowest BCUT2D eigenvalue weighted by Gasteiger charge is -2.23. The molecule has 1 saturated heterocycles. The average molecular weight is 263 g/mol. The molecule has 104 valence electrons. The van der Waals surface area contributed by atoms with Crippen LogP contribution in [0.2, 0.25) is 0 Å². The second-order valence-corrected chi connectivity index (χ2v) is 5.24. The Morgan fingerprint density at radius 3 is 2.95 bits per heavy atom. The first kappa shape index (κ1) is 14.1. The normalized spacial score (nSPS) is 20.4. The Labute approximate surface area is 114 Å². The van der Waals surface area contributed by atoms with Crippen molar-refractivity contribution in [3.63, 3.8) is 0 Å². The van der Waals surface area contributed by atoms with Crippen molar-refractivity contribution in [1.82, 2.24) is 5.32 Å². The van der Waals surface area contributed by atoms with E-state index in [2.05, 4.69) is 18.3 Å². The first-order valence-electron chi connectivity index (χ1n) is 6.93. The van der Waals surface area contributed by atoms with Crippen LogP contribution < -0.4 is 10.1 Å². The van der Waals surface area contributed by atoms with Crippen LogP contribution in [-0.2, 0) is 0 Å². The zero-order chi connectivity index (χ0) is 13.7. The molecule has 1 aromatic rings. The van der Waals surface area contributed by atoms with Crippen LogP contribution in [0, 0.1) is 5.82 Å². The van der Waals surface area contributed by atoms with E-state index >= 15 is 0 Å². The van der Waals surface area contributed by atoms with E-state index in [9.17, 15) is 4.39 Å². The van der Waals surface area contributed by atoms with Crippen molar-refractivity contribution in [2.24, 2.45) is 0 Å². The fourth-order valence-electron chi connectivity index (χ4n) is 2.60. The molecule has 2 rings (SSSR count). The topological polar surface area (TPSA) is 21.3 Å². The molecule has 0 aliphatic carbocycles. The molecular formula is C16H22FNO. The minimum absolute atomic E-state index is 0.295. The third-order valence-corrected chi connectivity index (χ3v) is 3.57. The highest BCUT2D eigenvalue weighted by Gasteiger charge is 2.12. The Kier molecular flexibility index (Phi) is 4.97. The minimum Gasteiger partial charge on any atom is -0.494 e. The summed E-state index contributed by atoms with van der Waals surface area (Å²) in [6.45, 7) is 3.23. The van der Waals surface area contributed by atoms with Gasteiger partial charge in [0.15, 0.2) is 11.6 Å². The smallest absolute Gasteiger partial charge is 0.165 e. The summed E-state index contributed by atoms with van der Waals surface area (Å²) in [5, 5.41) is 3.53. The molecule has 1 aliphatic rings. The Hall–Kier alpha value is -1.35. The summed E-state index contributed by atoms with van der Waals surface area (Å²) in [7, 11) is 1.48. The van der Waals surface area contributed by atoms with Crippen LogP contribution in [0.15, 0.2) is 23.8 Å². The number of halogens is 1. The van der Waals surface area contributed by atoms with Crippen molar-refractivity contribution in [3.8, 4) is 5.75 Å². The van der Waals surface area contributed by atoms with Crippen molar-refractivity contribution < 1.29 is 9.13 Å². The Balaban J connectivity index is 2.01. The number of rotatable bonds is 4. The van der Waals surface area contributed by atoms with E-state index < -0.39 is 0 Å². The van der Waals surface area contributed by atoms with Gasteiger partial charge in [-0.3, -0.25) is 0 Å². The monoisotopic (exact) mass is 263 g/mol. The molecule has 2 nitrogen and oxygen atoms in total. The molecule has 1 atom stereocenters. The van der Waals surface area contributed by atoms with Crippen molar-refractivity contribution in [2.45, 2.75) is 38.6 Å². The molecule has 1 aromatic carbocycles. The van der Waals surface area contributed by atoms with E-state index in [4.69, 9.17) is 4.74 Å². The van der Waals surface area contributed by atoms with E-state index in [1.165, 1.54) is 38.0 Å². The predicted octanol–water partition coefficient (Wildman–Crippen LogP) is 3.77. The summed E-state index contributed by atoms with van der Waals surface area (Å²) >= 11 is 0. The van der Waals surface area contributed by atoms with Crippen LogP contribution in [0.5, 0.6) is 5.75 Å². The third-order valence-electron chi connectivity index (χ3n) is 3.57. The third kappa shape index (κ3) is 4.06. The molecule has 1 heterocycles. The molecule has 1 fully saturated rings. The maximum absolute atomic E-state index is 13.6. The van der Waals surface area contributed by atoms with Crippen molar-refractivity contribution in [1.29, 1.82) is 0 Å². The number of benzene rings is 1. The van der Waals surface area contributed by atoms with Crippen LogP contribution in [0.4, 0.5) is 4.39 Å². The molecule has 0 amide bonds. The molecule has 3 heteroatoms. The second-order valence-electron chi connectivity index (χ2n) is 5.24. The van der Waals surface area contributed by atoms with Gasteiger partial charge in [0.1, 0.15) is 0 Å². The number of ether oxygens (including phenoxy) is 1. The number of piperidine rings is 1. The van der Waals surface area contributed by atoms with Gasteiger partial charge in [-0.25, -0.2) is 4.39 Å². The summed E-state index contributed by atoms with van der Waals surface area (Å²) < 4.78 is 18.5. The van der Waals surface area contributed by atoms with Crippen molar-refractivity contribution >= 4 is 6.08 Å². The standard InChI is InChI=1S/C16H22FNO/c1-12(10-14-5-3-4-8-18-14)9-13-6-7-16(19-2)15(17)11-13/h6-7,9,11,14,18H,3-5,8,10H2,1-2H3/b12-9-. The molecule has 1 unspecified atom stereocenters. The molecule has 19 heavy (non-hydrogen) atoms. The Morgan fingerprint density at radius 1 is 1.47 bits per heavy atom. The summed E-state index contributed by atoms with van der Waals surface area (Å²) in [6.07, 6.45) is 6.92. The van der Waals surface area contributed by atoms with E-state index in [1.807, 2.05) is 6.07 Å². The van der Waals surface area contributed by atoms with E-state index in [-0.39, 0.29) is 5.82 Å². The second kappa shape index (κ2) is 6.71. The van der Waals surface area contributed by atoms with Crippen LogP contribution in [0.3, 0.4) is 0 Å². The highest BCUT2D eigenvalue weighted by molar-refractivity contribution is 5.54. The lowest BCUT2D eigenvalue weighted by Crippen LogP contribution is -2.33. The highest BCUT2D eigenvalue weighted by Crippen LogP contribution is 2.21. The lowest BCUT2D eigenvalue weighted by molar-refractivity contribution is 0.386. The summed E-state index contributed by atoms with van der Waals surface area (Å²) in [5.74, 6) is -0.0106. The molecule has 1 aliphatic heterocycles. The summed E-state index contributed by atoms with van der Waals surface area (Å²) in [4.78, 5) is 0. The van der Waals surface area contributed by atoms with Gasteiger partial charge in [-0.1, -0.05) is 24.1 Å². The zero-order valence-electron chi connectivity index (χ0n) is 11.7. The maximum atomic E-state index is 13.6. The SMILES string of the molecule is COc1ccc(/C=C(/C)CC2CCCCN2)cc1F. The van der Waals surface area contributed by atoms with Gasteiger partial charge < -0.3 is 10.1 Å². The number of methoxy groups -OCH3 is 1. The molecule has 0 radical (unpaired) electrons. The molecule has 1 N–H and O–H groups in total. The largest absolute Gasteiger partial charge is 0.494 e. The predicted molar refractivity (Wildman–Crippen MR) is 76.9 cm³/mol. The molecule has 0 saturated carbocycles. The number of hydrogen-bond donors (Lipinski definition) is 1. The zero-order valence-corrected chi connectivity index (χ0v) is 11.7. The minimum atomic E-state index is -0.306. The number of hydrogen-bond acceptors (Lipinski definition) is 2. The highest BCUT2D eigenvalue weighted by atomic mass is 19.1. The van der Waals surface area contributed by atoms with Gasteiger partial charge >= 0.3 is 0 Å².